The number of thiophene rings is 1. The van der Waals surface area contributed by atoms with Crippen LogP contribution in [0.3, 0.4) is 0 Å². The van der Waals surface area contributed by atoms with Crippen molar-refractivity contribution in [2.45, 2.75) is 33.1 Å². The lowest BCUT2D eigenvalue weighted by atomic mass is 9.96. The Morgan fingerprint density at radius 3 is 3.06 bits per heavy atom. The lowest BCUT2D eigenvalue weighted by Gasteiger charge is -2.08. The van der Waals surface area contributed by atoms with Gasteiger partial charge in [0.1, 0.15) is 4.88 Å². The fourth-order valence-corrected chi connectivity index (χ4v) is 4.23. The number of fused-ring (bicyclic) bond motifs is 3. The Kier molecular flexibility index (Phi) is 2.00. The van der Waals surface area contributed by atoms with Crippen LogP contribution >= 0.6 is 11.3 Å². The lowest BCUT2D eigenvalue weighted by molar-refractivity contribution is 0.0531. The first-order chi connectivity index (χ1) is 7.57. The van der Waals surface area contributed by atoms with Gasteiger partial charge in [0.25, 0.3) is 0 Å². The fraction of sp³-hybridized carbons (Fsp3) is 0.615. The minimum atomic E-state index is -0.132. The van der Waals surface area contributed by atoms with Crippen molar-refractivity contribution in [3.63, 3.8) is 0 Å². The molecule has 2 aliphatic rings. The average molecular weight is 236 g/mol. The molecule has 1 aromatic rings. The van der Waals surface area contributed by atoms with Gasteiger partial charge in [-0.15, -0.1) is 11.3 Å². The molecule has 16 heavy (non-hydrogen) atoms. The Balaban J connectivity index is 1.92. The van der Waals surface area contributed by atoms with E-state index in [2.05, 4.69) is 19.2 Å². The number of carbonyl (C=O) groups excluding carboxylic acids is 1. The third kappa shape index (κ3) is 1.15. The van der Waals surface area contributed by atoms with Crippen molar-refractivity contribution in [2.24, 2.45) is 11.3 Å². The van der Waals surface area contributed by atoms with E-state index in [4.69, 9.17) is 4.74 Å². The maximum atomic E-state index is 11.7. The topological polar surface area (TPSA) is 26.3 Å². The molecule has 2 aliphatic carbocycles. The lowest BCUT2D eigenvalue weighted by Crippen LogP contribution is -2.07. The van der Waals surface area contributed by atoms with E-state index in [0.717, 1.165) is 17.2 Å². The summed E-state index contributed by atoms with van der Waals surface area (Å²) in [7, 11) is 0. The number of carbonyl (C=O) groups is 1. The van der Waals surface area contributed by atoms with E-state index < -0.39 is 0 Å². The molecule has 3 heteroatoms. The number of ether oxygens (including phenoxy) is 1. The van der Waals surface area contributed by atoms with E-state index in [1.54, 1.807) is 11.3 Å². The second-order valence-electron chi connectivity index (χ2n) is 5.33. The van der Waals surface area contributed by atoms with Crippen LogP contribution in [0.25, 0.3) is 0 Å². The van der Waals surface area contributed by atoms with Crippen LogP contribution in [-0.2, 0) is 11.2 Å². The van der Waals surface area contributed by atoms with Gasteiger partial charge in [0, 0.05) is 0 Å². The van der Waals surface area contributed by atoms with E-state index >= 15 is 0 Å². The van der Waals surface area contributed by atoms with Crippen molar-refractivity contribution >= 4 is 17.3 Å². The predicted octanol–water partition coefficient (Wildman–Crippen LogP) is 3.22. The van der Waals surface area contributed by atoms with Crippen LogP contribution in [0, 0.1) is 11.3 Å². The number of rotatable bonds is 2. The van der Waals surface area contributed by atoms with Gasteiger partial charge in [0.2, 0.25) is 0 Å². The van der Waals surface area contributed by atoms with Crippen LogP contribution in [0.2, 0.25) is 0 Å². The highest BCUT2D eigenvalue weighted by atomic mass is 32.1. The van der Waals surface area contributed by atoms with Gasteiger partial charge in [-0.25, -0.2) is 4.79 Å². The van der Waals surface area contributed by atoms with Crippen LogP contribution in [-0.4, -0.2) is 12.6 Å². The number of hydrogen-bond donors (Lipinski definition) is 0. The number of hydrogen-bond acceptors (Lipinski definition) is 3. The zero-order valence-corrected chi connectivity index (χ0v) is 10.7. The minimum absolute atomic E-state index is 0.132. The molecule has 1 saturated carbocycles. The molecule has 1 aromatic heterocycles. The Hall–Kier alpha value is -0.830. The average Bonchev–Trinajstić information content (AvgIpc) is 2.57. The molecule has 2 nitrogen and oxygen atoms in total. The normalized spacial score (nSPS) is 28.4. The zero-order chi connectivity index (χ0) is 11.5. The van der Waals surface area contributed by atoms with E-state index in [1.807, 2.05) is 6.92 Å². The maximum absolute atomic E-state index is 11.7. The predicted molar refractivity (Wildman–Crippen MR) is 64.0 cm³/mol. The summed E-state index contributed by atoms with van der Waals surface area (Å²) in [4.78, 5) is 12.6. The monoisotopic (exact) mass is 236 g/mol. The molecule has 0 bridgehead atoms. The van der Waals surface area contributed by atoms with Gasteiger partial charge < -0.3 is 4.74 Å². The molecule has 1 fully saturated rings. The fourth-order valence-electron chi connectivity index (χ4n) is 3.20. The molecule has 3 rings (SSSR count). The van der Waals surface area contributed by atoms with Crippen LogP contribution in [0.4, 0.5) is 0 Å². The van der Waals surface area contributed by atoms with Crippen LogP contribution in [0.1, 0.15) is 47.5 Å². The van der Waals surface area contributed by atoms with Gasteiger partial charge >= 0.3 is 5.97 Å². The Labute approximate surface area is 99.6 Å². The quantitative estimate of drug-likeness (QED) is 0.737. The summed E-state index contributed by atoms with van der Waals surface area (Å²) in [5.74, 6) is 1.33. The van der Waals surface area contributed by atoms with Crippen LogP contribution in [0.5, 0.6) is 0 Å². The summed E-state index contributed by atoms with van der Waals surface area (Å²) in [6, 6.07) is 0. The molecule has 86 valence electrons. The van der Waals surface area contributed by atoms with Crippen molar-refractivity contribution in [2.75, 3.05) is 6.61 Å². The van der Waals surface area contributed by atoms with E-state index in [9.17, 15) is 4.79 Å². The molecule has 1 heterocycles. The van der Waals surface area contributed by atoms with Crippen LogP contribution in [0.15, 0.2) is 5.38 Å². The molecule has 0 amide bonds. The summed E-state index contributed by atoms with van der Waals surface area (Å²) in [5.41, 5.74) is 3.15. The molecule has 0 aromatic carbocycles. The Morgan fingerprint density at radius 2 is 2.38 bits per heavy atom. The summed E-state index contributed by atoms with van der Waals surface area (Å²) >= 11 is 1.56. The van der Waals surface area contributed by atoms with Gasteiger partial charge in [-0.3, -0.25) is 0 Å². The van der Waals surface area contributed by atoms with Crippen molar-refractivity contribution in [3.8, 4) is 0 Å². The zero-order valence-electron chi connectivity index (χ0n) is 9.87. The van der Waals surface area contributed by atoms with E-state index in [-0.39, 0.29) is 5.97 Å². The van der Waals surface area contributed by atoms with Gasteiger partial charge in [-0.1, -0.05) is 13.8 Å². The Bertz CT molecular complexity index is 458. The summed E-state index contributed by atoms with van der Waals surface area (Å²) in [6.45, 7) is 6.97. The summed E-state index contributed by atoms with van der Waals surface area (Å²) in [6.07, 6.45) is 1.07. The smallest absolute Gasteiger partial charge is 0.348 e. The first-order valence-electron chi connectivity index (χ1n) is 5.84. The molecule has 0 spiro atoms. The molecule has 2 unspecified atom stereocenters. The minimum Gasteiger partial charge on any atom is -0.462 e. The highest BCUT2D eigenvalue weighted by molar-refractivity contribution is 7.12. The molecule has 0 aliphatic heterocycles. The first-order valence-corrected chi connectivity index (χ1v) is 6.72. The third-order valence-electron chi connectivity index (χ3n) is 4.20. The van der Waals surface area contributed by atoms with Crippen molar-refractivity contribution < 1.29 is 9.53 Å². The van der Waals surface area contributed by atoms with E-state index in [1.165, 1.54) is 11.1 Å². The van der Waals surface area contributed by atoms with Crippen molar-refractivity contribution in [3.05, 3.63) is 21.4 Å². The summed E-state index contributed by atoms with van der Waals surface area (Å²) in [5, 5.41) is 2.17. The molecule has 0 saturated heterocycles. The second kappa shape index (κ2) is 3.10. The van der Waals surface area contributed by atoms with Gasteiger partial charge in [-0.05, 0) is 47.1 Å². The maximum Gasteiger partial charge on any atom is 0.348 e. The second-order valence-corrected chi connectivity index (χ2v) is 6.21. The first kappa shape index (κ1) is 10.3. The highest BCUT2D eigenvalue weighted by Crippen LogP contribution is 2.70. The van der Waals surface area contributed by atoms with Crippen LogP contribution < -0.4 is 0 Å². The third-order valence-corrected chi connectivity index (χ3v) is 5.22. The van der Waals surface area contributed by atoms with Gasteiger partial charge in [0.15, 0.2) is 0 Å². The summed E-state index contributed by atoms with van der Waals surface area (Å²) < 4.78 is 5.09. The standard InChI is InChI=1S/C13H16O2S/c1-4-15-12(14)11-7-5-9-10(13(9,2)3)8(7)6-16-11/h6,9-10H,4-5H2,1-3H3. The Morgan fingerprint density at radius 1 is 1.62 bits per heavy atom. The molecular formula is C13H16O2S. The SMILES string of the molecule is CCOC(=O)c1scc2c1CC1C2C1(C)C. The molecule has 0 N–H and O–H groups in total. The van der Waals surface area contributed by atoms with Crippen molar-refractivity contribution in [1.82, 2.24) is 0 Å². The number of esters is 1. The molecular weight excluding hydrogens is 220 g/mol. The molecule has 2 atom stereocenters. The van der Waals surface area contributed by atoms with E-state index in [0.29, 0.717) is 17.9 Å². The largest absolute Gasteiger partial charge is 0.462 e. The van der Waals surface area contributed by atoms with Crippen molar-refractivity contribution in [1.29, 1.82) is 0 Å². The highest BCUT2D eigenvalue weighted by Gasteiger charge is 2.62. The van der Waals surface area contributed by atoms with Gasteiger partial charge in [0.05, 0.1) is 6.61 Å². The molecule has 0 radical (unpaired) electrons. The van der Waals surface area contributed by atoms with Gasteiger partial charge in [-0.2, -0.15) is 0 Å².